The molecule has 9 heteroatoms. The number of carbonyl (C=O) groups is 2. The van der Waals surface area contributed by atoms with E-state index in [1.54, 1.807) is 24.3 Å². The average Bonchev–Trinajstić information content (AvgIpc) is 2.79. The number of hydrazone groups is 1. The minimum atomic E-state index is -0.566. The molecule has 2 aromatic carbocycles. The normalized spacial score (nSPS) is 14.2. The van der Waals surface area contributed by atoms with Crippen LogP contribution in [-0.4, -0.2) is 35.6 Å². The van der Waals surface area contributed by atoms with Gasteiger partial charge in [-0.1, -0.05) is 25.3 Å². The Labute approximate surface area is 179 Å². The van der Waals surface area contributed by atoms with Gasteiger partial charge in [0, 0.05) is 23.7 Å². The van der Waals surface area contributed by atoms with Gasteiger partial charge in [0.2, 0.25) is 0 Å². The third-order valence-electron chi connectivity index (χ3n) is 4.92. The summed E-state index contributed by atoms with van der Waals surface area (Å²) >= 11 is 0. The van der Waals surface area contributed by atoms with E-state index in [0.717, 1.165) is 25.7 Å². The molecule has 0 aliphatic heterocycles. The molecular weight excluding hydrogens is 400 g/mol. The molecule has 1 aliphatic carbocycles. The summed E-state index contributed by atoms with van der Waals surface area (Å²) in [6.45, 7) is -0.0385. The zero-order chi connectivity index (χ0) is 22.1. The molecule has 162 valence electrons. The molecule has 0 heterocycles. The highest BCUT2D eigenvalue weighted by Gasteiger charge is 2.15. The van der Waals surface area contributed by atoms with E-state index < -0.39 is 10.8 Å². The van der Waals surface area contributed by atoms with Crippen molar-refractivity contribution in [2.75, 3.05) is 6.61 Å². The number of nitrogens with one attached hydrogen (secondary N) is 2. The molecule has 0 bridgehead atoms. The highest BCUT2D eigenvalue weighted by molar-refractivity contribution is 5.95. The number of rotatable bonds is 8. The molecule has 3 rings (SSSR count). The molecule has 0 atom stereocenters. The maximum Gasteiger partial charge on any atom is 0.271 e. The number of benzene rings is 2. The second-order valence-corrected chi connectivity index (χ2v) is 7.27. The van der Waals surface area contributed by atoms with Crippen molar-refractivity contribution >= 4 is 23.7 Å². The third-order valence-corrected chi connectivity index (χ3v) is 4.92. The van der Waals surface area contributed by atoms with E-state index in [0.29, 0.717) is 11.3 Å². The summed E-state index contributed by atoms with van der Waals surface area (Å²) in [7, 11) is 0. The summed E-state index contributed by atoms with van der Waals surface area (Å²) in [6, 6.07) is 12.5. The monoisotopic (exact) mass is 424 g/mol. The van der Waals surface area contributed by atoms with Crippen molar-refractivity contribution in [2.24, 2.45) is 5.10 Å². The van der Waals surface area contributed by atoms with Gasteiger partial charge in [-0.05, 0) is 48.7 Å². The molecule has 1 fully saturated rings. The minimum absolute atomic E-state index is 0.0385. The summed E-state index contributed by atoms with van der Waals surface area (Å²) in [4.78, 5) is 34.3. The van der Waals surface area contributed by atoms with Crippen LogP contribution in [0.4, 0.5) is 5.69 Å². The Morgan fingerprint density at radius 1 is 1.13 bits per heavy atom. The summed E-state index contributed by atoms with van der Waals surface area (Å²) < 4.78 is 5.51. The van der Waals surface area contributed by atoms with E-state index in [4.69, 9.17) is 4.74 Å². The molecule has 1 aliphatic rings. The van der Waals surface area contributed by atoms with Gasteiger partial charge in [0.25, 0.3) is 17.5 Å². The van der Waals surface area contributed by atoms with Crippen molar-refractivity contribution in [3.8, 4) is 5.75 Å². The smallest absolute Gasteiger partial charge is 0.271 e. The van der Waals surface area contributed by atoms with Crippen molar-refractivity contribution in [2.45, 2.75) is 38.1 Å². The first-order chi connectivity index (χ1) is 15.0. The fourth-order valence-corrected chi connectivity index (χ4v) is 3.31. The van der Waals surface area contributed by atoms with Gasteiger partial charge in [-0.15, -0.1) is 0 Å². The molecule has 31 heavy (non-hydrogen) atoms. The summed E-state index contributed by atoms with van der Waals surface area (Å²) in [5.74, 6) is -0.123. The number of amides is 2. The average molecular weight is 424 g/mol. The van der Waals surface area contributed by atoms with Crippen molar-refractivity contribution in [3.63, 3.8) is 0 Å². The first-order valence-electron chi connectivity index (χ1n) is 10.1. The number of nitro benzene ring substituents is 1. The molecule has 2 N–H and O–H groups in total. The number of non-ortho nitro benzene ring substituents is 1. The Bertz CT molecular complexity index is 953. The highest BCUT2D eigenvalue weighted by Crippen LogP contribution is 2.17. The first kappa shape index (κ1) is 21.9. The van der Waals surface area contributed by atoms with Crippen molar-refractivity contribution in [3.05, 3.63) is 69.8 Å². The minimum Gasteiger partial charge on any atom is -0.484 e. The lowest BCUT2D eigenvalue weighted by molar-refractivity contribution is -0.384. The molecule has 0 aromatic heterocycles. The van der Waals surface area contributed by atoms with E-state index in [1.165, 1.54) is 36.9 Å². The third kappa shape index (κ3) is 6.91. The molecule has 0 unspecified atom stereocenters. The SMILES string of the molecule is O=C(COc1ccc(/C=N\NC(=O)c2cccc([N+](=O)[O-])c2)cc1)NC1CCCCC1. The van der Waals surface area contributed by atoms with E-state index >= 15 is 0 Å². The Morgan fingerprint density at radius 3 is 2.58 bits per heavy atom. The Kier molecular flexibility index (Phi) is 7.69. The lowest BCUT2D eigenvalue weighted by Crippen LogP contribution is -2.38. The topological polar surface area (TPSA) is 123 Å². The predicted octanol–water partition coefficient (Wildman–Crippen LogP) is 3.19. The Morgan fingerprint density at radius 2 is 1.87 bits per heavy atom. The second kappa shape index (κ2) is 10.9. The van der Waals surface area contributed by atoms with Crippen molar-refractivity contribution < 1.29 is 19.2 Å². The summed E-state index contributed by atoms with van der Waals surface area (Å²) in [5.41, 5.74) is 3.01. The van der Waals surface area contributed by atoms with E-state index in [2.05, 4.69) is 15.8 Å². The van der Waals surface area contributed by atoms with Crippen LogP contribution < -0.4 is 15.5 Å². The van der Waals surface area contributed by atoms with E-state index in [1.807, 2.05) is 0 Å². The zero-order valence-electron chi connectivity index (χ0n) is 17.0. The van der Waals surface area contributed by atoms with E-state index in [-0.39, 0.29) is 29.8 Å². The quantitative estimate of drug-likeness (QED) is 0.383. The number of ether oxygens (including phenoxy) is 1. The fraction of sp³-hybridized carbons (Fsp3) is 0.318. The van der Waals surface area contributed by atoms with Gasteiger partial charge >= 0.3 is 0 Å². The van der Waals surface area contributed by atoms with Crippen LogP contribution in [0.5, 0.6) is 5.75 Å². The number of carbonyl (C=O) groups excluding carboxylic acids is 2. The molecule has 0 radical (unpaired) electrons. The molecule has 0 spiro atoms. The highest BCUT2D eigenvalue weighted by atomic mass is 16.6. The first-order valence-corrected chi connectivity index (χ1v) is 10.1. The Balaban J connectivity index is 1.44. The van der Waals surface area contributed by atoms with Crippen LogP contribution in [0.1, 0.15) is 48.0 Å². The van der Waals surface area contributed by atoms with Gasteiger partial charge in [-0.2, -0.15) is 5.10 Å². The predicted molar refractivity (Wildman–Crippen MR) is 115 cm³/mol. The van der Waals surface area contributed by atoms with Crippen LogP contribution >= 0.6 is 0 Å². The van der Waals surface area contributed by atoms with Crippen LogP contribution in [0.15, 0.2) is 53.6 Å². The van der Waals surface area contributed by atoms with Gasteiger partial charge in [-0.25, -0.2) is 5.43 Å². The zero-order valence-corrected chi connectivity index (χ0v) is 17.0. The summed E-state index contributed by atoms with van der Waals surface area (Å²) in [5, 5.41) is 17.6. The molecule has 1 saturated carbocycles. The van der Waals surface area contributed by atoms with Gasteiger partial charge < -0.3 is 10.1 Å². The van der Waals surface area contributed by atoms with Crippen LogP contribution in [0.2, 0.25) is 0 Å². The second-order valence-electron chi connectivity index (χ2n) is 7.27. The largest absolute Gasteiger partial charge is 0.484 e. The number of hydrogen-bond acceptors (Lipinski definition) is 6. The molecule has 0 saturated heterocycles. The van der Waals surface area contributed by atoms with Gasteiger partial charge in [-0.3, -0.25) is 19.7 Å². The maximum absolute atomic E-state index is 12.1. The number of nitro groups is 1. The van der Waals surface area contributed by atoms with Crippen LogP contribution in [-0.2, 0) is 4.79 Å². The number of nitrogens with zero attached hydrogens (tertiary/aromatic N) is 2. The van der Waals surface area contributed by atoms with Gasteiger partial charge in [0.05, 0.1) is 11.1 Å². The molecule has 2 aromatic rings. The van der Waals surface area contributed by atoms with Crippen molar-refractivity contribution in [1.29, 1.82) is 0 Å². The lowest BCUT2D eigenvalue weighted by atomic mass is 9.95. The van der Waals surface area contributed by atoms with Crippen LogP contribution in [0, 0.1) is 10.1 Å². The van der Waals surface area contributed by atoms with Crippen LogP contribution in [0.3, 0.4) is 0 Å². The Hall–Kier alpha value is -3.75. The van der Waals surface area contributed by atoms with Gasteiger partial charge in [0.1, 0.15) is 5.75 Å². The lowest BCUT2D eigenvalue weighted by Gasteiger charge is -2.22. The maximum atomic E-state index is 12.1. The van der Waals surface area contributed by atoms with Crippen LogP contribution in [0.25, 0.3) is 0 Å². The van der Waals surface area contributed by atoms with Crippen molar-refractivity contribution in [1.82, 2.24) is 10.7 Å². The summed E-state index contributed by atoms with van der Waals surface area (Å²) in [6.07, 6.45) is 7.03. The van der Waals surface area contributed by atoms with Gasteiger partial charge in [0.15, 0.2) is 6.61 Å². The standard InChI is InChI=1S/C22H24N4O5/c27-21(24-18-6-2-1-3-7-18)15-31-20-11-9-16(10-12-20)14-23-25-22(28)17-5-4-8-19(13-17)26(29)30/h4-5,8-14,18H,1-3,6-7,15H2,(H,24,27)(H,25,28)/b23-14-. The number of hydrogen-bond donors (Lipinski definition) is 2. The molecular formula is C22H24N4O5. The van der Waals surface area contributed by atoms with E-state index in [9.17, 15) is 19.7 Å². The fourth-order valence-electron chi connectivity index (χ4n) is 3.31. The molecule has 9 nitrogen and oxygen atoms in total. The molecule has 2 amide bonds.